The van der Waals surface area contributed by atoms with Crippen molar-refractivity contribution in [2.24, 2.45) is 5.14 Å². The molecule has 1 atom stereocenters. The number of aromatic nitrogens is 3. The summed E-state index contributed by atoms with van der Waals surface area (Å²) in [4.78, 5) is 20.4. The smallest absolute Gasteiger partial charge is 0.251 e. The Morgan fingerprint density at radius 1 is 1.15 bits per heavy atom. The minimum Gasteiger partial charge on any atom is -0.341 e. The zero-order chi connectivity index (χ0) is 18.7. The molecule has 0 unspecified atom stereocenters. The molecule has 2 heterocycles. The Balaban J connectivity index is 1.71. The molecule has 0 spiro atoms. The van der Waals surface area contributed by atoms with E-state index >= 15 is 0 Å². The maximum absolute atomic E-state index is 12.3. The van der Waals surface area contributed by atoms with Crippen LogP contribution in [0.15, 0.2) is 58.2 Å². The van der Waals surface area contributed by atoms with Gasteiger partial charge in [0.15, 0.2) is 0 Å². The van der Waals surface area contributed by atoms with Crippen LogP contribution in [0.2, 0.25) is 0 Å². The second-order valence-electron chi connectivity index (χ2n) is 5.46. The van der Waals surface area contributed by atoms with E-state index in [0.29, 0.717) is 5.82 Å². The number of primary sulfonamides is 1. The number of hydrogen-bond acceptors (Lipinski definition) is 7. The van der Waals surface area contributed by atoms with Gasteiger partial charge < -0.3 is 9.84 Å². The topological polar surface area (TPSA) is 141 Å². The number of benzene rings is 1. The standard InChI is InChI=1S/C16H15N5O4S/c1-10(16-20-14(21-25-16)11-6-8-18-9-7-11)19-15(22)12-2-4-13(5-3-12)26(17,23)24/h2-10H,1H3,(H,19,22)(H2,17,23,24)/t10-/m1/s1. The summed E-state index contributed by atoms with van der Waals surface area (Å²) in [5.74, 6) is 0.217. The summed E-state index contributed by atoms with van der Waals surface area (Å²) >= 11 is 0. The van der Waals surface area contributed by atoms with Gasteiger partial charge in [-0.2, -0.15) is 4.98 Å². The van der Waals surface area contributed by atoms with Gasteiger partial charge in [-0.1, -0.05) is 5.16 Å². The molecule has 0 aliphatic rings. The Kier molecular flexibility index (Phi) is 4.78. The zero-order valence-corrected chi connectivity index (χ0v) is 14.5. The third kappa shape index (κ3) is 3.92. The Hall–Kier alpha value is -3.11. The van der Waals surface area contributed by atoms with E-state index in [-0.39, 0.29) is 16.3 Å². The van der Waals surface area contributed by atoms with Crippen LogP contribution in [-0.2, 0) is 10.0 Å². The molecule has 1 aromatic carbocycles. The lowest BCUT2D eigenvalue weighted by Gasteiger charge is -2.10. The molecular weight excluding hydrogens is 358 g/mol. The van der Waals surface area contributed by atoms with Crippen molar-refractivity contribution in [3.05, 3.63) is 60.2 Å². The zero-order valence-electron chi connectivity index (χ0n) is 13.7. The second kappa shape index (κ2) is 7.02. The fourth-order valence-electron chi connectivity index (χ4n) is 2.17. The average Bonchev–Trinajstić information content (AvgIpc) is 3.12. The Labute approximate surface area is 149 Å². The van der Waals surface area contributed by atoms with Gasteiger partial charge in [-0.3, -0.25) is 9.78 Å². The molecule has 0 saturated heterocycles. The van der Waals surface area contributed by atoms with Gasteiger partial charge in [0.2, 0.25) is 21.7 Å². The number of nitrogens with zero attached hydrogens (tertiary/aromatic N) is 3. The number of nitrogens with one attached hydrogen (secondary N) is 1. The molecule has 10 heteroatoms. The van der Waals surface area contributed by atoms with Crippen LogP contribution < -0.4 is 10.5 Å². The third-order valence-electron chi connectivity index (χ3n) is 3.54. The number of sulfonamides is 1. The van der Waals surface area contributed by atoms with E-state index < -0.39 is 22.0 Å². The van der Waals surface area contributed by atoms with E-state index in [4.69, 9.17) is 9.66 Å². The van der Waals surface area contributed by atoms with E-state index in [2.05, 4.69) is 20.4 Å². The molecule has 0 aliphatic heterocycles. The lowest BCUT2D eigenvalue weighted by atomic mass is 10.2. The van der Waals surface area contributed by atoms with Gasteiger partial charge in [-0.05, 0) is 43.3 Å². The van der Waals surface area contributed by atoms with Crippen molar-refractivity contribution in [2.45, 2.75) is 17.9 Å². The molecule has 0 fully saturated rings. The molecule has 1 amide bonds. The maximum atomic E-state index is 12.3. The quantitative estimate of drug-likeness (QED) is 0.686. The normalized spacial score (nSPS) is 12.5. The van der Waals surface area contributed by atoms with Crippen LogP contribution in [0.4, 0.5) is 0 Å². The van der Waals surface area contributed by atoms with Gasteiger partial charge in [-0.25, -0.2) is 13.6 Å². The molecule has 0 saturated carbocycles. The largest absolute Gasteiger partial charge is 0.341 e. The third-order valence-corrected chi connectivity index (χ3v) is 4.47. The first-order valence-corrected chi connectivity index (χ1v) is 9.07. The van der Waals surface area contributed by atoms with E-state index in [1.807, 2.05) is 0 Å². The van der Waals surface area contributed by atoms with Crippen molar-refractivity contribution in [2.75, 3.05) is 0 Å². The minimum absolute atomic E-state index is 0.0685. The van der Waals surface area contributed by atoms with Gasteiger partial charge in [0.1, 0.15) is 6.04 Å². The highest BCUT2D eigenvalue weighted by atomic mass is 32.2. The van der Waals surface area contributed by atoms with Crippen molar-refractivity contribution in [3.63, 3.8) is 0 Å². The van der Waals surface area contributed by atoms with Gasteiger partial charge in [-0.15, -0.1) is 0 Å². The van der Waals surface area contributed by atoms with Crippen molar-refractivity contribution in [1.82, 2.24) is 20.4 Å². The number of carbonyl (C=O) groups is 1. The lowest BCUT2D eigenvalue weighted by molar-refractivity contribution is 0.0932. The molecule has 134 valence electrons. The van der Waals surface area contributed by atoms with Gasteiger partial charge in [0.05, 0.1) is 4.90 Å². The first kappa shape index (κ1) is 17.7. The maximum Gasteiger partial charge on any atom is 0.251 e. The second-order valence-corrected chi connectivity index (χ2v) is 7.02. The number of carbonyl (C=O) groups excluding carboxylic acids is 1. The van der Waals surface area contributed by atoms with E-state index in [0.717, 1.165) is 5.56 Å². The number of rotatable bonds is 5. The lowest BCUT2D eigenvalue weighted by Crippen LogP contribution is -2.27. The van der Waals surface area contributed by atoms with Crippen LogP contribution in [0, 0.1) is 0 Å². The van der Waals surface area contributed by atoms with Crippen LogP contribution in [-0.4, -0.2) is 29.4 Å². The number of amides is 1. The molecule has 0 bridgehead atoms. The first-order valence-electron chi connectivity index (χ1n) is 7.52. The number of pyridine rings is 1. The summed E-state index contributed by atoms with van der Waals surface area (Å²) in [7, 11) is -3.80. The fraction of sp³-hybridized carbons (Fsp3) is 0.125. The molecule has 0 radical (unpaired) electrons. The molecule has 3 aromatic rings. The van der Waals surface area contributed by atoms with Crippen LogP contribution in [0.1, 0.15) is 29.2 Å². The molecule has 3 N–H and O–H groups in total. The first-order chi connectivity index (χ1) is 12.3. The molecule has 2 aromatic heterocycles. The summed E-state index contributed by atoms with van der Waals surface area (Å²) in [6.07, 6.45) is 3.23. The van der Waals surface area contributed by atoms with Crippen molar-refractivity contribution >= 4 is 15.9 Å². The predicted molar refractivity (Wildman–Crippen MR) is 91.2 cm³/mol. The Morgan fingerprint density at radius 3 is 2.42 bits per heavy atom. The fourth-order valence-corrected chi connectivity index (χ4v) is 2.68. The van der Waals surface area contributed by atoms with E-state index in [1.54, 1.807) is 31.5 Å². The predicted octanol–water partition coefficient (Wildman–Crippen LogP) is 1.27. The van der Waals surface area contributed by atoms with Crippen LogP contribution in [0.5, 0.6) is 0 Å². The molecule has 0 aliphatic carbocycles. The highest BCUT2D eigenvalue weighted by Gasteiger charge is 2.18. The van der Waals surface area contributed by atoms with Gasteiger partial charge >= 0.3 is 0 Å². The molecule has 3 rings (SSSR count). The SMILES string of the molecule is C[C@@H](NC(=O)c1ccc(S(N)(=O)=O)cc1)c1nc(-c2ccncc2)no1. The van der Waals surface area contributed by atoms with Crippen LogP contribution >= 0.6 is 0 Å². The monoisotopic (exact) mass is 373 g/mol. The number of hydrogen-bond donors (Lipinski definition) is 2. The minimum atomic E-state index is -3.80. The summed E-state index contributed by atoms with van der Waals surface area (Å²) in [5.41, 5.74) is 1.02. The molecule has 9 nitrogen and oxygen atoms in total. The summed E-state index contributed by atoms with van der Waals surface area (Å²) < 4.78 is 27.7. The van der Waals surface area contributed by atoms with Gasteiger partial charge in [0.25, 0.3) is 5.91 Å². The Bertz CT molecular complexity index is 1020. The van der Waals surface area contributed by atoms with Crippen molar-refractivity contribution in [3.8, 4) is 11.4 Å². The highest BCUT2D eigenvalue weighted by molar-refractivity contribution is 7.89. The Morgan fingerprint density at radius 2 is 1.81 bits per heavy atom. The highest BCUT2D eigenvalue weighted by Crippen LogP contribution is 2.18. The molecular formula is C16H15N5O4S. The van der Waals surface area contributed by atoms with Crippen molar-refractivity contribution < 1.29 is 17.7 Å². The summed E-state index contributed by atoms with van der Waals surface area (Å²) in [5, 5.41) is 11.6. The van der Waals surface area contributed by atoms with Gasteiger partial charge in [0, 0.05) is 23.5 Å². The molecule has 26 heavy (non-hydrogen) atoms. The van der Waals surface area contributed by atoms with Crippen LogP contribution in [0.3, 0.4) is 0 Å². The van der Waals surface area contributed by atoms with Crippen molar-refractivity contribution in [1.29, 1.82) is 0 Å². The summed E-state index contributed by atoms with van der Waals surface area (Å²) in [6, 6.07) is 8.22. The number of nitrogens with two attached hydrogens (primary N) is 1. The van der Waals surface area contributed by atoms with Crippen LogP contribution in [0.25, 0.3) is 11.4 Å². The summed E-state index contributed by atoms with van der Waals surface area (Å²) in [6.45, 7) is 1.69. The van der Waals surface area contributed by atoms with E-state index in [1.165, 1.54) is 24.3 Å². The average molecular weight is 373 g/mol. The van der Waals surface area contributed by atoms with E-state index in [9.17, 15) is 13.2 Å².